The fraction of sp³-hybridized carbons (Fsp3) is 0.300. The highest BCUT2D eigenvalue weighted by Gasteiger charge is 2.39. The first-order chi connectivity index (χ1) is 7.22. The number of fused-ring (bicyclic) bond motifs is 1. The minimum atomic E-state index is -0.819. The highest BCUT2D eigenvalue weighted by molar-refractivity contribution is 5.95. The van der Waals surface area contributed by atoms with Gasteiger partial charge in [0.1, 0.15) is 5.54 Å². The van der Waals surface area contributed by atoms with E-state index in [0.29, 0.717) is 5.90 Å². The van der Waals surface area contributed by atoms with Crippen LogP contribution in [-0.2, 0) is 10.3 Å². The van der Waals surface area contributed by atoms with Crippen molar-refractivity contribution in [1.82, 2.24) is 0 Å². The number of benzene rings is 1. The van der Waals surface area contributed by atoms with Gasteiger partial charge in [-0.15, -0.1) is 0 Å². The second kappa shape index (κ2) is 3.29. The smallest absolute Gasteiger partial charge is 0.204 e. The molecule has 0 unspecified atom stereocenters. The van der Waals surface area contributed by atoms with Crippen LogP contribution in [0.25, 0.3) is 10.4 Å². The highest BCUT2D eigenvalue weighted by Crippen LogP contribution is 2.41. The fourth-order valence-electron chi connectivity index (χ4n) is 1.75. The summed E-state index contributed by atoms with van der Waals surface area (Å²) in [6, 6.07) is 7.53. The van der Waals surface area contributed by atoms with Gasteiger partial charge in [0, 0.05) is 4.91 Å². The minimum absolute atomic E-state index is 0.432. The molecule has 0 saturated heterocycles. The van der Waals surface area contributed by atoms with Crippen molar-refractivity contribution in [2.75, 3.05) is 7.11 Å². The molecule has 0 spiro atoms. The van der Waals surface area contributed by atoms with Crippen molar-refractivity contribution in [1.29, 1.82) is 0 Å². The molecule has 76 valence electrons. The Kier molecular flexibility index (Phi) is 2.10. The third-order valence-corrected chi connectivity index (χ3v) is 2.51. The van der Waals surface area contributed by atoms with Crippen LogP contribution in [0.2, 0.25) is 0 Å². The molecular weight excluding hydrogens is 192 g/mol. The monoisotopic (exact) mass is 202 g/mol. The highest BCUT2D eigenvalue weighted by atomic mass is 16.5. The molecule has 1 aliphatic rings. The number of methoxy groups -OCH3 is 1. The van der Waals surface area contributed by atoms with E-state index in [-0.39, 0.29) is 0 Å². The van der Waals surface area contributed by atoms with E-state index in [1.165, 1.54) is 7.11 Å². The summed E-state index contributed by atoms with van der Waals surface area (Å²) in [7, 11) is 1.52. The zero-order chi connectivity index (χ0) is 10.9. The number of azide groups is 1. The van der Waals surface area contributed by atoms with Gasteiger partial charge in [-0.3, -0.25) is 0 Å². The lowest BCUT2D eigenvalue weighted by Crippen LogP contribution is -2.27. The van der Waals surface area contributed by atoms with Gasteiger partial charge in [0.25, 0.3) is 0 Å². The summed E-state index contributed by atoms with van der Waals surface area (Å²) in [4.78, 5) is 7.12. The summed E-state index contributed by atoms with van der Waals surface area (Å²) in [5, 5.41) is 3.77. The molecule has 1 atom stereocenters. The molecule has 0 aromatic heterocycles. The number of hydrogen-bond acceptors (Lipinski definition) is 3. The lowest BCUT2D eigenvalue weighted by Gasteiger charge is -2.19. The van der Waals surface area contributed by atoms with Gasteiger partial charge in [0.15, 0.2) is 0 Å². The molecule has 0 fully saturated rings. The zero-order valence-corrected chi connectivity index (χ0v) is 8.51. The first-order valence-electron chi connectivity index (χ1n) is 4.51. The molecule has 0 bridgehead atoms. The molecule has 1 aromatic carbocycles. The molecule has 1 aromatic rings. The van der Waals surface area contributed by atoms with E-state index in [9.17, 15) is 0 Å². The second-order valence-corrected chi connectivity index (χ2v) is 3.40. The standard InChI is InChI=1S/C10H10N4O/c1-10(13-14-11)7-5-3-4-6-8(7)12-9(10)15-2/h3-6H,1-2H3/t10-/m1/s1. The van der Waals surface area contributed by atoms with Crippen LogP contribution in [0.15, 0.2) is 34.4 Å². The Labute approximate surface area is 87.0 Å². The van der Waals surface area contributed by atoms with E-state index in [0.717, 1.165) is 11.3 Å². The third kappa shape index (κ3) is 1.25. The second-order valence-electron chi connectivity index (χ2n) is 3.40. The van der Waals surface area contributed by atoms with Crippen LogP contribution < -0.4 is 0 Å². The molecule has 5 nitrogen and oxygen atoms in total. The number of rotatable bonds is 1. The largest absolute Gasteiger partial charge is 0.483 e. The quantitative estimate of drug-likeness (QED) is 0.392. The predicted molar refractivity (Wildman–Crippen MR) is 57.0 cm³/mol. The Morgan fingerprint density at radius 2 is 2.20 bits per heavy atom. The molecular formula is C10H10N4O. The SMILES string of the molecule is COC1=Nc2ccccc2[C@@]1(C)N=[N+]=[N-]. The van der Waals surface area contributed by atoms with Gasteiger partial charge >= 0.3 is 0 Å². The van der Waals surface area contributed by atoms with E-state index in [4.69, 9.17) is 10.3 Å². The van der Waals surface area contributed by atoms with Gasteiger partial charge in [0.2, 0.25) is 5.90 Å². The number of ether oxygens (including phenoxy) is 1. The number of hydrogen-bond donors (Lipinski definition) is 0. The average molecular weight is 202 g/mol. The van der Waals surface area contributed by atoms with Crippen LogP contribution in [0, 0.1) is 0 Å². The maximum Gasteiger partial charge on any atom is 0.204 e. The van der Waals surface area contributed by atoms with Gasteiger partial charge < -0.3 is 4.74 Å². The minimum Gasteiger partial charge on any atom is -0.483 e. The van der Waals surface area contributed by atoms with Crippen LogP contribution in [-0.4, -0.2) is 13.0 Å². The maximum absolute atomic E-state index is 8.58. The van der Waals surface area contributed by atoms with Gasteiger partial charge in [-0.1, -0.05) is 23.3 Å². The maximum atomic E-state index is 8.58. The van der Waals surface area contributed by atoms with E-state index in [1.807, 2.05) is 24.3 Å². The number of para-hydroxylation sites is 1. The normalized spacial score (nSPS) is 22.7. The van der Waals surface area contributed by atoms with Crippen LogP contribution in [0.5, 0.6) is 0 Å². The topological polar surface area (TPSA) is 70.4 Å². The van der Waals surface area contributed by atoms with Crippen molar-refractivity contribution in [3.05, 3.63) is 40.3 Å². The number of nitrogens with zero attached hydrogens (tertiary/aromatic N) is 4. The van der Waals surface area contributed by atoms with Gasteiger partial charge in [-0.25, -0.2) is 4.99 Å². The average Bonchev–Trinajstić information content (AvgIpc) is 2.53. The zero-order valence-electron chi connectivity index (χ0n) is 8.51. The van der Waals surface area contributed by atoms with Crippen molar-refractivity contribution in [2.45, 2.75) is 12.5 Å². The van der Waals surface area contributed by atoms with Crippen LogP contribution >= 0.6 is 0 Å². The first kappa shape index (κ1) is 9.55. The van der Waals surface area contributed by atoms with E-state index >= 15 is 0 Å². The molecule has 1 heterocycles. The van der Waals surface area contributed by atoms with Crippen molar-refractivity contribution >= 4 is 11.6 Å². The van der Waals surface area contributed by atoms with Gasteiger partial charge in [-0.2, -0.15) is 0 Å². The summed E-state index contributed by atoms with van der Waals surface area (Å²) in [5.41, 5.74) is 9.43. The summed E-state index contributed by atoms with van der Waals surface area (Å²) in [5.74, 6) is 0.432. The van der Waals surface area contributed by atoms with Crippen LogP contribution in [0.4, 0.5) is 5.69 Å². The summed E-state index contributed by atoms with van der Waals surface area (Å²) < 4.78 is 5.15. The summed E-state index contributed by atoms with van der Waals surface area (Å²) >= 11 is 0. The first-order valence-corrected chi connectivity index (χ1v) is 4.51. The van der Waals surface area contributed by atoms with E-state index < -0.39 is 5.54 Å². The molecule has 2 rings (SSSR count). The summed E-state index contributed by atoms with van der Waals surface area (Å²) in [6.07, 6.45) is 0. The van der Waals surface area contributed by atoms with E-state index in [2.05, 4.69) is 15.0 Å². The Bertz CT molecular complexity index is 476. The Hall–Kier alpha value is -2.00. The van der Waals surface area contributed by atoms with Crippen molar-refractivity contribution in [2.24, 2.45) is 10.1 Å². The fourth-order valence-corrected chi connectivity index (χ4v) is 1.75. The molecule has 0 N–H and O–H groups in total. The van der Waals surface area contributed by atoms with Crippen LogP contribution in [0.1, 0.15) is 12.5 Å². The third-order valence-electron chi connectivity index (χ3n) is 2.51. The molecule has 0 radical (unpaired) electrons. The lowest BCUT2D eigenvalue weighted by atomic mass is 9.94. The molecule has 5 heteroatoms. The van der Waals surface area contributed by atoms with Gasteiger partial charge in [0.05, 0.1) is 12.8 Å². The van der Waals surface area contributed by atoms with Crippen molar-refractivity contribution < 1.29 is 4.74 Å². The predicted octanol–water partition coefficient (Wildman–Crippen LogP) is 2.90. The molecule has 0 amide bonds. The van der Waals surface area contributed by atoms with Crippen LogP contribution in [0.3, 0.4) is 0 Å². The van der Waals surface area contributed by atoms with E-state index in [1.54, 1.807) is 6.92 Å². The van der Waals surface area contributed by atoms with Crippen molar-refractivity contribution in [3.63, 3.8) is 0 Å². The Morgan fingerprint density at radius 3 is 2.87 bits per heavy atom. The molecule has 0 aliphatic carbocycles. The number of aliphatic imine (C=N–C) groups is 1. The van der Waals surface area contributed by atoms with Gasteiger partial charge in [-0.05, 0) is 24.1 Å². The lowest BCUT2D eigenvalue weighted by molar-refractivity contribution is 0.361. The summed E-state index contributed by atoms with van der Waals surface area (Å²) in [6.45, 7) is 1.79. The Balaban J connectivity index is 2.64. The molecule has 15 heavy (non-hydrogen) atoms. The molecule has 1 aliphatic heterocycles. The molecule has 0 saturated carbocycles. The Morgan fingerprint density at radius 1 is 1.47 bits per heavy atom. The van der Waals surface area contributed by atoms with Crippen molar-refractivity contribution in [3.8, 4) is 0 Å².